The molecule has 1 aromatic heterocycles. The van der Waals surface area contributed by atoms with Gasteiger partial charge in [-0.25, -0.2) is 10.1 Å². The largest absolute Gasteiger partial charge is 0.494 e. The number of hydrogen-bond acceptors (Lipinski definition) is 4. The number of carbonyl (C=O) groups is 1. The van der Waals surface area contributed by atoms with Gasteiger partial charge in [0, 0.05) is 17.3 Å². The summed E-state index contributed by atoms with van der Waals surface area (Å²) in [7, 11) is 0. The van der Waals surface area contributed by atoms with E-state index in [4.69, 9.17) is 4.74 Å². The molecule has 1 heterocycles. The number of nitrogens with zero attached hydrogens (tertiary/aromatic N) is 3. The molecule has 1 amide bonds. The summed E-state index contributed by atoms with van der Waals surface area (Å²) in [6.45, 7) is 2.55. The Labute approximate surface area is 192 Å². The number of rotatable bonds is 8. The molecule has 1 N–H and O–H groups in total. The third-order valence-electron chi connectivity index (χ3n) is 4.83. The van der Waals surface area contributed by atoms with Crippen molar-refractivity contribution in [3.8, 4) is 11.4 Å². The van der Waals surface area contributed by atoms with Gasteiger partial charge in [0.2, 0.25) is 0 Å². The summed E-state index contributed by atoms with van der Waals surface area (Å²) in [4.78, 5) is 13.0. The predicted molar refractivity (Wildman–Crippen MR) is 131 cm³/mol. The highest BCUT2D eigenvalue weighted by atomic mass is 16.5. The summed E-state index contributed by atoms with van der Waals surface area (Å²) in [6, 6.07) is 26.8. The number of carbonyl (C=O) groups excluding carboxylic acids is 1. The summed E-state index contributed by atoms with van der Waals surface area (Å²) < 4.78 is 7.22. The molecule has 0 bridgehead atoms. The van der Waals surface area contributed by atoms with Gasteiger partial charge in [0.15, 0.2) is 0 Å². The standard InChI is InChI=1S/C27H24N4O2/c1-2-33-25-15-13-21(14-16-25)18-28-30-27(32)26(23-9-5-3-6-10-23)17-22-19-29-31(20-22)24-11-7-4-8-12-24/h3-20H,2H2,1H3,(H,30,32)/b26-17+,28-18+. The van der Waals surface area contributed by atoms with Crippen LogP contribution < -0.4 is 10.2 Å². The quantitative estimate of drug-likeness (QED) is 0.241. The highest BCUT2D eigenvalue weighted by Crippen LogP contribution is 2.19. The number of amides is 1. The average molecular weight is 437 g/mol. The summed E-state index contributed by atoms with van der Waals surface area (Å²) >= 11 is 0. The normalized spacial score (nSPS) is 11.5. The molecule has 0 saturated carbocycles. The smallest absolute Gasteiger partial charge is 0.271 e. The first-order valence-electron chi connectivity index (χ1n) is 10.7. The number of hydrogen-bond donors (Lipinski definition) is 1. The van der Waals surface area contributed by atoms with E-state index in [0.29, 0.717) is 12.2 Å². The van der Waals surface area contributed by atoms with Gasteiger partial charge < -0.3 is 4.74 Å². The summed E-state index contributed by atoms with van der Waals surface area (Å²) in [5.41, 5.74) is 6.53. The van der Waals surface area contributed by atoms with Crippen LogP contribution >= 0.6 is 0 Å². The Bertz CT molecular complexity index is 1240. The molecule has 0 atom stereocenters. The molecule has 0 spiro atoms. The SMILES string of the molecule is CCOc1ccc(/C=N/NC(=O)/C(=C/c2cnn(-c3ccccc3)c2)c2ccccc2)cc1. The Balaban J connectivity index is 1.53. The molecule has 0 fully saturated rings. The Morgan fingerprint density at radius 2 is 1.67 bits per heavy atom. The van der Waals surface area contributed by atoms with Crippen LogP contribution in [0.2, 0.25) is 0 Å². The first-order valence-corrected chi connectivity index (χ1v) is 10.7. The number of aromatic nitrogens is 2. The van der Waals surface area contributed by atoms with Crippen LogP contribution in [0.15, 0.2) is 102 Å². The lowest BCUT2D eigenvalue weighted by Crippen LogP contribution is -2.19. The summed E-state index contributed by atoms with van der Waals surface area (Å²) in [5.74, 6) is 0.486. The van der Waals surface area contributed by atoms with Crippen LogP contribution in [0.1, 0.15) is 23.6 Å². The first kappa shape index (κ1) is 21.8. The zero-order valence-corrected chi connectivity index (χ0v) is 18.3. The van der Waals surface area contributed by atoms with Crippen molar-refractivity contribution in [2.45, 2.75) is 6.92 Å². The van der Waals surface area contributed by atoms with Crippen LogP contribution in [-0.4, -0.2) is 28.5 Å². The molecule has 0 radical (unpaired) electrons. The second-order valence-electron chi connectivity index (χ2n) is 7.18. The second-order valence-corrected chi connectivity index (χ2v) is 7.18. The number of benzene rings is 3. The molecular formula is C27H24N4O2. The van der Waals surface area contributed by atoms with Crippen molar-refractivity contribution < 1.29 is 9.53 Å². The van der Waals surface area contributed by atoms with E-state index < -0.39 is 0 Å². The number of ether oxygens (including phenoxy) is 1. The van der Waals surface area contributed by atoms with E-state index in [9.17, 15) is 4.79 Å². The monoisotopic (exact) mass is 436 g/mol. The molecule has 6 nitrogen and oxygen atoms in total. The molecule has 3 aromatic carbocycles. The van der Waals surface area contributed by atoms with Crippen molar-refractivity contribution in [1.29, 1.82) is 0 Å². The summed E-state index contributed by atoms with van der Waals surface area (Å²) in [5, 5.41) is 8.55. The van der Waals surface area contributed by atoms with Crippen LogP contribution in [0.5, 0.6) is 5.75 Å². The van der Waals surface area contributed by atoms with E-state index in [-0.39, 0.29) is 5.91 Å². The van der Waals surface area contributed by atoms with Crippen LogP contribution in [0.4, 0.5) is 0 Å². The lowest BCUT2D eigenvalue weighted by Gasteiger charge is -2.06. The van der Waals surface area contributed by atoms with Crippen molar-refractivity contribution >= 4 is 23.8 Å². The van der Waals surface area contributed by atoms with Gasteiger partial charge in [-0.1, -0.05) is 48.5 Å². The molecule has 0 saturated heterocycles. The predicted octanol–water partition coefficient (Wildman–Crippen LogP) is 4.96. The molecule has 0 aliphatic carbocycles. The van der Waals surface area contributed by atoms with Crippen LogP contribution in [0.3, 0.4) is 0 Å². The van der Waals surface area contributed by atoms with Crippen LogP contribution in [0, 0.1) is 0 Å². The van der Waals surface area contributed by atoms with Crippen LogP contribution in [-0.2, 0) is 4.79 Å². The zero-order chi connectivity index (χ0) is 22.9. The summed E-state index contributed by atoms with van der Waals surface area (Å²) in [6.07, 6.45) is 7.02. The lowest BCUT2D eigenvalue weighted by molar-refractivity contribution is -0.115. The number of nitrogens with one attached hydrogen (secondary N) is 1. The Kier molecular flexibility index (Phi) is 7.08. The fourth-order valence-corrected chi connectivity index (χ4v) is 3.24. The van der Waals surface area contributed by atoms with Gasteiger partial charge >= 0.3 is 0 Å². The molecule has 0 aliphatic rings. The van der Waals surface area contributed by atoms with Crippen molar-refractivity contribution in [2.24, 2.45) is 5.10 Å². The van der Waals surface area contributed by atoms with Gasteiger partial charge in [0.05, 0.1) is 24.7 Å². The molecule has 0 unspecified atom stereocenters. The van der Waals surface area contributed by atoms with Crippen molar-refractivity contribution in [2.75, 3.05) is 6.61 Å². The van der Waals surface area contributed by atoms with Crippen molar-refractivity contribution in [3.05, 3.63) is 114 Å². The topological polar surface area (TPSA) is 68.5 Å². The van der Waals surface area contributed by atoms with Gasteiger partial charge in [0.25, 0.3) is 5.91 Å². The Morgan fingerprint density at radius 3 is 2.36 bits per heavy atom. The molecule has 6 heteroatoms. The molecule has 0 aliphatic heterocycles. The minimum Gasteiger partial charge on any atom is -0.494 e. The van der Waals surface area contributed by atoms with Gasteiger partial charge in [-0.2, -0.15) is 10.2 Å². The van der Waals surface area contributed by atoms with Crippen molar-refractivity contribution in [3.63, 3.8) is 0 Å². The molecule has 164 valence electrons. The maximum Gasteiger partial charge on any atom is 0.271 e. The average Bonchev–Trinajstić information content (AvgIpc) is 3.34. The van der Waals surface area contributed by atoms with E-state index in [2.05, 4.69) is 15.6 Å². The van der Waals surface area contributed by atoms with Gasteiger partial charge in [-0.3, -0.25) is 4.79 Å². The van der Waals surface area contributed by atoms with E-state index in [0.717, 1.165) is 28.1 Å². The maximum absolute atomic E-state index is 13.0. The molecular weight excluding hydrogens is 412 g/mol. The third kappa shape index (κ3) is 5.83. The fraction of sp³-hybridized carbons (Fsp3) is 0.0741. The lowest BCUT2D eigenvalue weighted by atomic mass is 10.0. The molecule has 4 aromatic rings. The Hall–Kier alpha value is -4.45. The molecule has 33 heavy (non-hydrogen) atoms. The van der Waals surface area contributed by atoms with E-state index >= 15 is 0 Å². The Morgan fingerprint density at radius 1 is 0.970 bits per heavy atom. The fourth-order valence-electron chi connectivity index (χ4n) is 3.24. The van der Waals surface area contributed by atoms with Crippen LogP contribution in [0.25, 0.3) is 17.3 Å². The van der Waals surface area contributed by atoms with E-state index in [1.54, 1.807) is 17.1 Å². The van der Waals surface area contributed by atoms with Gasteiger partial charge in [0.1, 0.15) is 5.75 Å². The minimum absolute atomic E-state index is 0.309. The third-order valence-corrected chi connectivity index (χ3v) is 4.83. The number of hydrazone groups is 1. The minimum atomic E-state index is -0.309. The van der Waals surface area contributed by atoms with Crippen molar-refractivity contribution in [1.82, 2.24) is 15.2 Å². The van der Waals surface area contributed by atoms with E-state index in [1.807, 2.05) is 104 Å². The zero-order valence-electron chi connectivity index (χ0n) is 18.3. The van der Waals surface area contributed by atoms with E-state index in [1.165, 1.54) is 0 Å². The number of para-hydroxylation sites is 1. The second kappa shape index (κ2) is 10.7. The highest BCUT2D eigenvalue weighted by molar-refractivity contribution is 6.24. The molecule has 4 rings (SSSR count). The van der Waals surface area contributed by atoms with Gasteiger partial charge in [-0.15, -0.1) is 0 Å². The van der Waals surface area contributed by atoms with Gasteiger partial charge in [-0.05, 0) is 60.5 Å². The maximum atomic E-state index is 13.0. The highest BCUT2D eigenvalue weighted by Gasteiger charge is 2.12. The first-order chi connectivity index (χ1) is 16.2.